The Morgan fingerprint density at radius 1 is 1.16 bits per heavy atom. The minimum Gasteiger partial charge on any atom is -0.316 e. The van der Waals surface area contributed by atoms with Crippen LogP contribution in [0.25, 0.3) is 0 Å². The second-order valence-corrected chi connectivity index (χ2v) is 9.33. The quantitative estimate of drug-likeness (QED) is 0.865. The average molecular weight is 287 g/mol. The highest BCUT2D eigenvalue weighted by Gasteiger charge is 2.42. The van der Waals surface area contributed by atoms with Gasteiger partial charge in [-0.25, -0.2) is 8.42 Å². The molecule has 3 unspecified atom stereocenters. The van der Waals surface area contributed by atoms with Crippen molar-refractivity contribution in [2.45, 2.75) is 69.6 Å². The van der Waals surface area contributed by atoms with E-state index in [1.54, 1.807) is 0 Å². The van der Waals surface area contributed by atoms with Gasteiger partial charge < -0.3 is 5.32 Å². The lowest BCUT2D eigenvalue weighted by Crippen LogP contribution is -2.48. The molecule has 3 nitrogen and oxygen atoms in total. The fourth-order valence-electron chi connectivity index (χ4n) is 4.52. The van der Waals surface area contributed by atoms with Gasteiger partial charge in [0.05, 0.1) is 5.25 Å². The van der Waals surface area contributed by atoms with Crippen molar-refractivity contribution < 1.29 is 8.42 Å². The molecule has 0 spiro atoms. The first-order valence-corrected chi connectivity index (χ1v) is 9.68. The predicted octanol–water partition coefficient (Wildman–Crippen LogP) is 2.76. The maximum absolute atomic E-state index is 11.8. The summed E-state index contributed by atoms with van der Waals surface area (Å²) in [5.74, 6) is 0.529. The van der Waals surface area contributed by atoms with E-state index in [-0.39, 0.29) is 5.25 Å². The molecular formula is C15H29NO2S. The fraction of sp³-hybridized carbons (Fsp3) is 1.00. The van der Waals surface area contributed by atoms with Crippen LogP contribution < -0.4 is 5.32 Å². The molecule has 2 aliphatic carbocycles. The third kappa shape index (κ3) is 3.33. The Morgan fingerprint density at radius 2 is 1.79 bits per heavy atom. The first-order chi connectivity index (χ1) is 8.87. The summed E-state index contributed by atoms with van der Waals surface area (Å²) in [5.41, 5.74) is 0.374. The molecule has 19 heavy (non-hydrogen) atoms. The van der Waals surface area contributed by atoms with Crippen LogP contribution in [0.3, 0.4) is 0 Å². The zero-order valence-electron chi connectivity index (χ0n) is 12.6. The van der Waals surface area contributed by atoms with E-state index >= 15 is 0 Å². The Morgan fingerprint density at radius 3 is 2.32 bits per heavy atom. The summed E-state index contributed by atoms with van der Waals surface area (Å²) in [7, 11) is -0.818. The van der Waals surface area contributed by atoms with Gasteiger partial charge in [0, 0.05) is 12.3 Å². The van der Waals surface area contributed by atoms with E-state index in [0.29, 0.717) is 17.4 Å². The fourth-order valence-corrected chi connectivity index (χ4v) is 5.71. The average Bonchev–Trinajstić information content (AvgIpc) is 2.77. The van der Waals surface area contributed by atoms with Crippen LogP contribution in [0, 0.1) is 11.3 Å². The summed E-state index contributed by atoms with van der Waals surface area (Å²) in [6.45, 7) is 2.39. The SMILES string of the molecule is CNC(C1CCCC(S(C)(=O)=O)C1)C1(C)CCCC1. The molecule has 0 bridgehead atoms. The van der Waals surface area contributed by atoms with Crippen LogP contribution in [0.5, 0.6) is 0 Å². The minimum absolute atomic E-state index is 0.105. The normalized spacial score (nSPS) is 33.2. The monoisotopic (exact) mass is 287 g/mol. The van der Waals surface area contributed by atoms with Gasteiger partial charge in [0.25, 0.3) is 0 Å². The number of nitrogens with one attached hydrogen (secondary N) is 1. The topological polar surface area (TPSA) is 46.2 Å². The highest BCUT2D eigenvalue weighted by Crippen LogP contribution is 2.46. The Bertz CT molecular complexity index is 398. The van der Waals surface area contributed by atoms with Crippen molar-refractivity contribution in [1.82, 2.24) is 5.32 Å². The summed E-state index contributed by atoms with van der Waals surface area (Å²) in [6, 6.07) is 0.486. The van der Waals surface area contributed by atoms with Crippen molar-refractivity contribution in [2.75, 3.05) is 13.3 Å². The number of sulfone groups is 1. The molecule has 0 aromatic carbocycles. The minimum atomic E-state index is -2.87. The molecule has 0 aliphatic heterocycles. The van der Waals surface area contributed by atoms with E-state index in [9.17, 15) is 8.42 Å². The van der Waals surface area contributed by atoms with Gasteiger partial charge in [0.15, 0.2) is 0 Å². The maximum Gasteiger partial charge on any atom is 0.150 e. The molecule has 3 atom stereocenters. The Labute approximate surface area is 118 Å². The van der Waals surface area contributed by atoms with Gasteiger partial charge in [-0.3, -0.25) is 0 Å². The molecule has 0 saturated heterocycles. The van der Waals surface area contributed by atoms with Crippen LogP contribution in [0.1, 0.15) is 58.3 Å². The summed E-state index contributed by atoms with van der Waals surface area (Å²) >= 11 is 0. The van der Waals surface area contributed by atoms with Gasteiger partial charge in [0.1, 0.15) is 9.84 Å². The van der Waals surface area contributed by atoms with Gasteiger partial charge in [-0.15, -0.1) is 0 Å². The largest absolute Gasteiger partial charge is 0.316 e. The molecule has 0 amide bonds. The van der Waals surface area contributed by atoms with Crippen LogP contribution in [0.15, 0.2) is 0 Å². The van der Waals surface area contributed by atoms with Crippen molar-refractivity contribution in [3.8, 4) is 0 Å². The lowest BCUT2D eigenvalue weighted by Gasteiger charge is -2.42. The molecule has 112 valence electrons. The van der Waals surface area contributed by atoms with Crippen molar-refractivity contribution >= 4 is 9.84 Å². The van der Waals surface area contributed by atoms with E-state index in [1.807, 2.05) is 0 Å². The molecule has 0 heterocycles. The molecule has 2 saturated carbocycles. The molecule has 0 aromatic heterocycles. The zero-order valence-corrected chi connectivity index (χ0v) is 13.4. The van der Waals surface area contributed by atoms with Crippen LogP contribution >= 0.6 is 0 Å². The molecule has 2 rings (SSSR count). The van der Waals surface area contributed by atoms with E-state index in [0.717, 1.165) is 19.3 Å². The highest BCUT2D eigenvalue weighted by atomic mass is 32.2. The van der Waals surface area contributed by atoms with Crippen molar-refractivity contribution in [3.05, 3.63) is 0 Å². The zero-order chi connectivity index (χ0) is 14.1. The molecule has 0 radical (unpaired) electrons. The first-order valence-electron chi connectivity index (χ1n) is 7.73. The van der Waals surface area contributed by atoms with Gasteiger partial charge >= 0.3 is 0 Å². The maximum atomic E-state index is 11.8. The third-order valence-corrected chi connectivity index (χ3v) is 7.19. The summed E-state index contributed by atoms with van der Waals surface area (Å²) < 4.78 is 23.6. The lowest BCUT2D eigenvalue weighted by molar-refractivity contribution is 0.139. The lowest BCUT2D eigenvalue weighted by atomic mass is 9.70. The van der Waals surface area contributed by atoms with E-state index in [2.05, 4.69) is 19.3 Å². The number of hydrogen-bond donors (Lipinski definition) is 1. The summed E-state index contributed by atoms with van der Waals surface area (Å²) in [4.78, 5) is 0. The smallest absolute Gasteiger partial charge is 0.150 e. The summed E-state index contributed by atoms with van der Waals surface area (Å²) in [6.07, 6.45) is 10.6. The highest BCUT2D eigenvalue weighted by molar-refractivity contribution is 7.91. The van der Waals surface area contributed by atoms with Gasteiger partial charge in [-0.05, 0) is 50.5 Å². The van der Waals surface area contributed by atoms with E-state index in [1.165, 1.54) is 38.4 Å². The first kappa shape index (κ1) is 15.3. The van der Waals surface area contributed by atoms with Crippen molar-refractivity contribution in [1.29, 1.82) is 0 Å². The van der Waals surface area contributed by atoms with Gasteiger partial charge in [-0.1, -0.05) is 26.2 Å². The second kappa shape index (κ2) is 5.72. The van der Waals surface area contributed by atoms with Crippen molar-refractivity contribution in [3.63, 3.8) is 0 Å². The molecule has 0 aromatic rings. The van der Waals surface area contributed by atoms with Crippen LogP contribution in [-0.4, -0.2) is 33.0 Å². The number of rotatable bonds is 4. The van der Waals surface area contributed by atoms with Crippen LogP contribution in [0.2, 0.25) is 0 Å². The summed E-state index contributed by atoms with van der Waals surface area (Å²) in [5, 5.41) is 3.43. The number of hydrogen-bond acceptors (Lipinski definition) is 3. The Balaban J connectivity index is 2.10. The van der Waals surface area contributed by atoms with Gasteiger partial charge in [-0.2, -0.15) is 0 Å². The van der Waals surface area contributed by atoms with E-state index < -0.39 is 9.84 Å². The second-order valence-electron chi connectivity index (χ2n) is 7.01. The van der Waals surface area contributed by atoms with Crippen LogP contribution in [-0.2, 0) is 9.84 Å². The predicted molar refractivity (Wildman–Crippen MR) is 80.0 cm³/mol. The Kier molecular flexibility index (Phi) is 4.61. The molecular weight excluding hydrogens is 258 g/mol. The molecule has 4 heteroatoms. The van der Waals surface area contributed by atoms with Crippen LogP contribution in [0.4, 0.5) is 0 Å². The third-order valence-electron chi connectivity index (χ3n) is 5.55. The Hall–Kier alpha value is -0.0900. The van der Waals surface area contributed by atoms with Gasteiger partial charge in [0.2, 0.25) is 0 Å². The standard InChI is InChI=1S/C15H29NO2S/c1-15(9-4-5-10-15)14(16-2)12-7-6-8-13(11-12)19(3,17)18/h12-14,16H,4-11H2,1-3H3. The van der Waals surface area contributed by atoms with Crippen molar-refractivity contribution in [2.24, 2.45) is 11.3 Å². The molecule has 2 aliphatic rings. The van der Waals surface area contributed by atoms with E-state index in [4.69, 9.17) is 0 Å². The molecule has 1 N–H and O–H groups in total. The molecule has 2 fully saturated rings.